The van der Waals surface area contributed by atoms with Crippen LogP contribution >= 0.6 is 0 Å². The molecule has 0 aliphatic carbocycles. The SMILES string of the molecule is CCS(=O)(=O)OC.[MgH2]. The molecule has 0 radical (unpaired) electrons. The van der Waals surface area contributed by atoms with Crippen molar-refractivity contribution < 1.29 is 12.6 Å². The molecule has 0 saturated carbocycles. The predicted molar refractivity (Wildman–Crippen MR) is 35.0 cm³/mol. The molecule has 0 aromatic carbocycles. The van der Waals surface area contributed by atoms with Gasteiger partial charge in [-0.3, -0.25) is 4.18 Å². The summed E-state index contributed by atoms with van der Waals surface area (Å²) in [4.78, 5) is 0. The van der Waals surface area contributed by atoms with E-state index < -0.39 is 10.1 Å². The van der Waals surface area contributed by atoms with Crippen molar-refractivity contribution in [1.82, 2.24) is 0 Å². The third-order valence-corrected chi connectivity index (χ3v) is 1.82. The Morgan fingerprint density at radius 3 is 1.88 bits per heavy atom. The Balaban J connectivity index is 0. The molecule has 0 aliphatic rings. The summed E-state index contributed by atoms with van der Waals surface area (Å²) in [6.45, 7) is 1.53. The van der Waals surface area contributed by atoms with Crippen molar-refractivity contribution in [1.29, 1.82) is 0 Å². The van der Waals surface area contributed by atoms with E-state index in [-0.39, 0.29) is 28.8 Å². The van der Waals surface area contributed by atoms with Crippen molar-refractivity contribution in [2.24, 2.45) is 0 Å². The van der Waals surface area contributed by atoms with Crippen molar-refractivity contribution in [3.05, 3.63) is 0 Å². The zero-order valence-electron chi connectivity index (χ0n) is 4.34. The summed E-state index contributed by atoms with van der Waals surface area (Å²) in [5.74, 6) is 0.0451. The van der Waals surface area contributed by atoms with E-state index in [4.69, 9.17) is 0 Å². The molecule has 48 valence electrons. The standard InChI is InChI=1S/C3H8O3S.Mg.2H/c1-3-7(4,5)6-2;;;/h3H2,1-2H3;;;. The molecule has 0 saturated heterocycles. The van der Waals surface area contributed by atoms with E-state index >= 15 is 0 Å². The van der Waals surface area contributed by atoms with Gasteiger partial charge < -0.3 is 0 Å². The van der Waals surface area contributed by atoms with Crippen LogP contribution in [0.2, 0.25) is 0 Å². The zero-order valence-corrected chi connectivity index (χ0v) is 5.16. The van der Waals surface area contributed by atoms with Crippen LogP contribution in [0.15, 0.2) is 0 Å². The maximum atomic E-state index is 10.1. The van der Waals surface area contributed by atoms with E-state index in [0.29, 0.717) is 0 Å². The van der Waals surface area contributed by atoms with E-state index in [2.05, 4.69) is 4.18 Å². The first-order chi connectivity index (χ1) is 3.12. The second-order valence-electron chi connectivity index (χ2n) is 1.01. The van der Waals surface area contributed by atoms with Gasteiger partial charge in [0.2, 0.25) is 0 Å². The smallest absolute Gasteiger partial charge is 0.273 e. The molecule has 0 N–H and O–H groups in total. The van der Waals surface area contributed by atoms with Crippen LogP contribution in [-0.4, -0.2) is 44.3 Å². The summed E-state index contributed by atoms with van der Waals surface area (Å²) in [5, 5.41) is 0. The zero-order chi connectivity index (χ0) is 5.91. The lowest BCUT2D eigenvalue weighted by Crippen LogP contribution is -2.03. The second kappa shape index (κ2) is 4.55. The van der Waals surface area contributed by atoms with Crippen LogP contribution < -0.4 is 0 Å². The van der Waals surface area contributed by atoms with Gasteiger partial charge in [0.05, 0.1) is 12.9 Å². The van der Waals surface area contributed by atoms with Crippen molar-refractivity contribution in [2.45, 2.75) is 6.92 Å². The first-order valence-corrected chi connectivity index (χ1v) is 3.48. The lowest BCUT2D eigenvalue weighted by Gasteiger charge is -1.90. The monoisotopic (exact) mass is 150 g/mol. The first-order valence-electron chi connectivity index (χ1n) is 1.90. The Morgan fingerprint density at radius 1 is 1.50 bits per heavy atom. The summed E-state index contributed by atoms with van der Waals surface area (Å²) in [5.41, 5.74) is 0. The Labute approximate surface area is 65.7 Å². The molecule has 0 rings (SSSR count). The van der Waals surface area contributed by atoms with Gasteiger partial charge in [0.25, 0.3) is 10.1 Å². The van der Waals surface area contributed by atoms with E-state index in [1.807, 2.05) is 0 Å². The van der Waals surface area contributed by atoms with Gasteiger partial charge in [-0.05, 0) is 6.92 Å². The highest BCUT2D eigenvalue weighted by Gasteiger charge is 2.00. The van der Waals surface area contributed by atoms with Gasteiger partial charge in [-0.25, -0.2) is 0 Å². The van der Waals surface area contributed by atoms with Crippen molar-refractivity contribution in [2.75, 3.05) is 12.9 Å². The van der Waals surface area contributed by atoms with Gasteiger partial charge >= 0.3 is 23.1 Å². The number of rotatable bonds is 2. The highest BCUT2D eigenvalue weighted by molar-refractivity contribution is 7.86. The summed E-state index contributed by atoms with van der Waals surface area (Å²) >= 11 is 0. The fourth-order valence-corrected chi connectivity index (χ4v) is 0.354. The molecule has 0 fully saturated rings. The van der Waals surface area contributed by atoms with Gasteiger partial charge in [-0.2, -0.15) is 8.42 Å². The van der Waals surface area contributed by atoms with Crippen molar-refractivity contribution >= 4 is 33.2 Å². The fourth-order valence-electron chi connectivity index (χ4n) is 0.118. The third kappa shape index (κ3) is 4.83. The molecular formula is C3H10MgO3S. The molecule has 0 atom stereocenters. The van der Waals surface area contributed by atoms with Crippen LogP contribution in [0, 0.1) is 0 Å². The molecule has 0 amide bonds. The highest BCUT2D eigenvalue weighted by atomic mass is 32.2. The van der Waals surface area contributed by atoms with Crippen LogP contribution in [0.4, 0.5) is 0 Å². The molecule has 0 heterocycles. The Hall–Kier alpha value is 0.676. The van der Waals surface area contributed by atoms with Crippen LogP contribution in [0.1, 0.15) is 6.92 Å². The summed E-state index contributed by atoms with van der Waals surface area (Å²) in [6, 6.07) is 0. The second-order valence-corrected chi connectivity index (χ2v) is 3.04. The van der Waals surface area contributed by atoms with E-state index in [9.17, 15) is 8.42 Å². The highest BCUT2D eigenvalue weighted by Crippen LogP contribution is 1.85. The van der Waals surface area contributed by atoms with Gasteiger partial charge in [0.15, 0.2) is 0 Å². The van der Waals surface area contributed by atoms with Gasteiger partial charge in [0.1, 0.15) is 0 Å². The van der Waals surface area contributed by atoms with Crippen LogP contribution in [0.5, 0.6) is 0 Å². The lowest BCUT2D eigenvalue weighted by atomic mass is 11.0. The summed E-state index contributed by atoms with van der Waals surface area (Å²) < 4.78 is 24.4. The average Bonchev–Trinajstić information content (AvgIpc) is 1.68. The molecule has 5 heteroatoms. The minimum absolute atomic E-state index is 0. The third-order valence-electron chi connectivity index (χ3n) is 0.607. The van der Waals surface area contributed by atoms with Crippen molar-refractivity contribution in [3.63, 3.8) is 0 Å². The molecule has 8 heavy (non-hydrogen) atoms. The Kier molecular flexibility index (Phi) is 6.52. The lowest BCUT2D eigenvalue weighted by molar-refractivity contribution is 0.399. The maximum absolute atomic E-state index is 10.1. The Morgan fingerprint density at radius 2 is 1.88 bits per heavy atom. The molecule has 0 aromatic heterocycles. The molecular weight excluding hydrogens is 140 g/mol. The molecule has 0 aliphatic heterocycles. The first kappa shape index (κ1) is 11.5. The van der Waals surface area contributed by atoms with Crippen LogP contribution in [0.3, 0.4) is 0 Å². The minimum Gasteiger partial charge on any atom is -0.273 e. The molecule has 0 bridgehead atoms. The quantitative estimate of drug-likeness (QED) is 0.377. The topological polar surface area (TPSA) is 43.4 Å². The van der Waals surface area contributed by atoms with Crippen LogP contribution in [0.25, 0.3) is 0 Å². The molecule has 3 nitrogen and oxygen atoms in total. The fraction of sp³-hybridized carbons (Fsp3) is 1.00. The molecule has 0 unspecified atom stereocenters. The van der Waals surface area contributed by atoms with Gasteiger partial charge in [-0.1, -0.05) is 0 Å². The van der Waals surface area contributed by atoms with E-state index in [0.717, 1.165) is 7.11 Å². The largest absolute Gasteiger partial charge is 0.316 e. The normalized spacial score (nSPS) is 10.2. The van der Waals surface area contributed by atoms with Crippen LogP contribution in [-0.2, 0) is 14.3 Å². The summed E-state index contributed by atoms with van der Waals surface area (Å²) in [7, 11) is -2.01. The average molecular weight is 150 g/mol. The van der Waals surface area contributed by atoms with Gasteiger partial charge in [0, 0.05) is 0 Å². The predicted octanol–water partition coefficient (Wildman–Crippen LogP) is -0.934. The maximum Gasteiger partial charge on any atom is 0.316 e. The van der Waals surface area contributed by atoms with Crippen molar-refractivity contribution in [3.8, 4) is 0 Å². The van der Waals surface area contributed by atoms with Gasteiger partial charge in [-0.15, -0.1) is 0 Å². The Bertz CT molecular complexity index is 117. The number of hydrogen-bond acceptors (Lipinski definition) is 3. The molecule has 0 spiro atoms. The molecule has 0 aromatic rings. The van der Waals surface area contributed by atoms with E-state index in [1.165, 1.54) is 6.92 Å². The summed E-state index contributed by atoms with van der Waals surface area (Å²) in [6.07, 6.45) is 0. The number of hydrogen-bond donors (Lipinski definition) is 0. The van der Waals surface area contributed by atoms with E-state index in [1.54, 1.807) is 0 Å². The minimum atomic E-state index is -3.16.